The lowest BCUT2D eigenvalue weighted by Gasteiger charge is -2.17. The van der Waals surface area contributed by atoms with Gasteiger partial charge in [-0.25, -0.2) is 9.97 Å². The molecule has 0 N–H and O–H groups in total. The zero-order chi connectivity index (χ0) is 12.6. The molecule has 0 fully saturated rings. The molecule has 0 radical (unpaired) electrons. The molecule has 0 bridgehead atoms. The lowest BCUT2D eigenvalue weighted by Crippen LogP contribution is -2.16. The minimum Gasteiger partial charge on any atom is -0.461 e. The summed E-state index contributed by atoms with van der Waals surface area (Å²) in [5.74, 6) is 1.50. The highest BCUT2D eigenvalue weighted by Crippen LogP contribution is 2.30. The van der Waals surface area contributed by atoms with E-state index in [0.717, 1.165) is 26.4 Å². The zero-order valence-corrected chi connectivity index (χ0v) is 13.0. The summed E-state index contributed by atoms with van der Waals surface area (Å²) in [6.07, 6.45) is 1.63. The Balaban J connectivity index is 2.57. The fourth-order valence-electron chi connectivity index (χ4n) is 1.35. The third-order valence-electron chi connectivity index (χ3n) is 2.22. The first-order valence-corrected chi connectivity index (χ1v) is 6.75. The minimum absolute atomic E-state index is 0.0996. The standard InChI is InChI=1S/C12H12Br2N2O/c1-12(2,3)11-15-8(6-9(14)16-11)10-7(13)4-5-17-10/h4-6H,1-3H3. The third-order valence-corrected chi connectivity index (χ3v) is 3.25. The zero-order valence-electron chi connectivity index (χ0n) is 9.79. The van der Waals surface area contributed by atoms with Crippen LogP contribution in [0.5, 0.6) is 0 Å². The molecule has 0 spiro atoms. The van der Waals surface area contributed by atoms with Crippen molar-refractivity contribution < 1.29 is 4.42 Å². The molecule has 17 heavy (non-hydrogen) atoms. The number of rotatable bonds is 1. The predicted molar refractivity (Wildman–Crippen MR) is 73.8 cm³/mol. The van der Waals surface area contributed by atoms with Gasteiger partial charge in [0.1, 0.15) is 16.1 Å². The Morgan fingerprint density at radius 3 is 2.41 bits per heavy atom. The monoisotopic (exact) mass is 358 g/mol. The van der Waals surface area contributed by atoms with Crippen molar-refractivity contribution in [2.75, 3.05) is 0 Å². The van der Waals surface area contributed by atoms with Gasteiger partial charge in [-0.3, -0.25) is 0 Å². The SMILES string of the molecule is CC(C)(C)c1nc(Br)cc(-c2occc2Br)n1. The molecule has 0 amide bonds. The van der Waals surface area contributed by atoms with Crippen LogP contribution < -0.4 is 0 Å². The van der Waals surface area contributed by atoms with Gasteiger partial charge in [0.2, 0.25) is 0 Å². The smallest absolute Gasteiger partial charge is 0.166 e. The van der Waals surface area contributed by atoms with Crippen molar-refractivity contribution in [2.24, 2.45) is 0 Å². The maximum atomic E-state index is 5.42. The highest BCUT2D eigenvalue weighted by molar-refractivity contribution is 9.10. The van der Waals surface area contributed by atoms with Gasteiger partial charge < -0.3 is 4.42 Å². The molecule has 0 saturated carbocycles. The van der Waals surface area contributed by atoms with Crippen LogP contribution in [0, 0.1) is 0 Å². The van der Waals surface area contributed by atoms with Crippen molar-refractivity contribution in [3.8, 4) is 11.5 Å². The van der Waals surface area contributed by atoms with E-state index in [2.05, 4.69) is 62.6 Å². The number of furan rings is 1. The van der Waals surface area contributed by atoms with Crippen LogP contribution in [0.2, 0.25) is 0 Å². The van der Waals surface area contributed by atoms with Crippen LogP contribution in [0.15, 0.2) is 31.9 Å². The van der Waals surface area contributed by atoms with E-state index in [9.17, 15) is 0 Å². The molecule has 0 aromatic carbocycles. The van der Waals surface area contributed by atoms with E-state index in [1.807, 2.05) is 12.1 Å². The summed E-state index contributed by atoms with van der Waals surface area (Å²) in [7, 11) is 0. The molecule has 2 aromatic rings. The first-order chi connectivity index (χ1) is 7.88. The molecule has 0 aliphatic rings. The van der Waals surface area contributed by atoms with Crippen molar-refractivity contribution in [3.63, 3.8) is 0 Å². The highest BCUT2D eigenvalue weighted by Gasteiger charge is 2.20. The molecule has 2 aromatic heterocycles. The number of nitrogens with zero attached hydrogens (tertiary/aromatic N) is 2. The Hall–Kier alpha value is -0.680. The van der Waals surface area contributed by atoms with Gasteiger partial charge in [-0.05, 0) is 37.9 Å². The molecule has 2 heterocycles. The first-order valence-electron chi connectivity index (χ1n) is 5.16. The van der Waals surface area contributed by atoms with Crippen LogP contribution in [-0.4, -0.2) is 9.97 Å². The van der Waals surface area contributed by atoms with Gasteiger partial charge in [-0.2, -0.15) is 0 Å². The number of halogens is 2. The molecule has 3 nitrogen and oxygen atoms in total. The van der Waals surface area contributed by atoms with Crippen molar-refractivity contribution >= 4 is 31.9 Å². The minimum atomic E-state index is -0.0996. The van der Waals surface area contributed by atoms with Crippen molar-refractivity contribution in [1.82, 2.24) is 9.97 Å². The molecule has 0 atom stereocenters. The maximum absolute atomic E-state index is 5.42. The molecule has 2 rings (SSSR count). The van der Waals surface area contributed by atoms with Gasteiger partial charge >= 0.3 is 0 Å². The summed E-state index contributed by atoms with van der Waals surface area (Å²) in [6.45, 7) is 6.24. The topological polar surface area (TPSA) is 38.9 Å². The van der Waals surface area contributed by atoms with Crippen LogP contribution in [0.25, 0.3) is 11.5 Å². The van der Waals surface area contributed by atoms with Crippen molar-refractivity contribution in [2.45, 2.75) is 26.2 Å². The Morgan fingerprint density at radius 1 is 1.18 bits per heavy atom. The molecule has 0 aliphatic heterocycles. The van der Waals surface area contributed by atoms with Gasteiger partial charge in [0.05, 0.1) is 10.7 Å². The predicted octanol–water partition coefficient (Wildman–Crippen LogP) is 4.56. The van der Waals surface area contributed by atoms with Gasteiger partial charge in [0.15, 0.2) is 5.76 Å². The molecule has 0 aliphatic carbocycles. The third kappa shape index (κ3) is 2.77. The number of hydrogen-bond donors (Lipinski definition) is 0. The summed E-state index contributed by atoms with van der Waals surface area (Å²) in [6, 6.07) is 3.70. The molecule has 90 valence electrons. The summed E-state index contributed by atoms with van der Waals surface area (Å²) >= 11 is 6.84. The summed E-state index contributed by atoms with van der Waals surface area (Å²) in [5, 5.41) is 0. The second kappa shape index (κ2) is 4.53. The fourth-order valence-corrected chi connectivity index (χ4v) is 2.14. The average Bonchev–Trinajstić information content (AvgIpc) is 2.62. The van der Waals surface area contributed by atoms with Crippen LogP contribution in [0.3, 0.4) is 0 Å². The molecule has 5 heteroatoms. The second-order valence-corrected chi connectivity index (χ2v) is 6.41. The van der Waals surface area contributed by atoms with Crippen LogP contribution >= 0.6 is 31.9 Å². The first kappa shape index (κ1) is 12.8. The second-order valence-electron chi connectivity index (χ2n) is 4.75. The van der Waals surface area contributed by atoms with E-state index in [-0.39, 0.29) is 5.41 Å². The van der Waals surface area contributed by atoms with Crippen LogP contribution in [0.4, 0.5) is 0 Å². The van der Waals surface area contributed by atoms with E-state index < -0.39 is 0 Å². The Kier molecular flexibility index (Phi) is 3.41. The van der Waals surface area contributed by atoms with E-state index in [1.54, 1.807) is 6.26 Å². The summed E-state index contributed by atoms with van der Waals surface area (Å²) < 4.78 is 7.07. The number of hydrogen-bond acceptors (Lipinski definition) is 3. The van der Waals surface area contributed by atoms with E-state index >= 15 is 0 Å². The van der Waals surface area contributed by atoms with Gasteiger partial charge in [-0.15, -0.1) is 0 Å². The van der Waals surface area contributed by atoms with E-state index in [4.69, 9.17) is 4.42 Å². The summed E-state index contributed by atoms with van der Waals surface area (Å²) in [5.41, 5.74) is 0.672. The Morgan fingerprint density at radius 2 is 1.88 bits per heavy atom. The van der Waals surface area contributed by atoms with Gasteiger partial charge in [0.25, 0.3) is 0 Å². The largest absolute Gasteiger partial charge is 0.461 e. The average molecular weight is 360 g/mol. The highest BCUT2D eigenvalue weighted by atomic mass is 79.9. The molecular weight excluding hydrogens is 348 g/mol. The summed E-state index contributed by atoms with van der Waals surface area (Å²) in [4.78, 5) is 8.94. The lowest BCUT2D eigenvalue weighted by atomic mass is 9.95. The van der Waals surface area contributed by atoms with Crippen LogP contribution in [-0.2, 0) is 5.41 Å². The quantitative estimate of drug-likeness (QED) is 0.700. The molecule has 0 saturated heterocycles. The van der Waals surface area contributed by atoms with Gasteiger partial charge in [0, 0.05) is 11.5 Å². The van der Waals surface area contributed by atoms with E-state index in [1.165, 1.54) is 0 Å². The Bertz CT molecular complexity index is 544. The van der Waals surface area contributed by atoms with E-state index in [0.29, 0.717) is 0 Å². The fraction of sp³-hybridized carbons (Fsp3) is 0.333. The van der Waals surface area contributed by atoms with Crippen molar-refractivity contribution in [3.05, 3.63) is 33.3 Å². The van der Waals surface area contributed by atoms with Crippen molar-refractivity contribution in [1.29, 1.82) is 0 Å². The maximum Gasteiger partial charge on any atom is 0.166 e. The lowest BCUT2D eigenvalue weighted by molar-refractivity contribution is 0.539. The molecular formula is C12H12Br2N2O. The van der Waals surface area contributed by atoms with Gasteiger partial charge in [-0.1, -0.05) is 20.8 Å². The normalized spacial score (nSPS) is 11.8. The molecule has 0 unspecified atom stereocenters. The Labute approximate surface area is 117 Å². The van der Waals surface area contributed by atoms with Crippen LogP contribution in [0.1, 0.15) is 26.6 Å². The number of aromatic nitrogens is 2.